The van der Waals surface area contributed by atoms with E-state index < -0.39 is 10.0 Å². The van der Waals surface area contributed by atoms with E-state index in [9.17, 15) is 8.42 Å². The summed E-state index contributed by atoms with van der Waals surface area (Å²) in [5.41, 5.74) is 4.64. The van der Waals surface area contributed by atoms with Gasteiger partial charge < -0.3 is 14.4 Å². The predicted octanol–water partition coefficient (Wildman–Crippen LogP) is 4.98. The summed E-state index contributed by atoms with van der Waals surface area (Å²) in [6.45, 7) is 4.12. The van der Waals surface area contributed by atoms with Crippen LogP contribution in [0.5, 0.6) is 0 Å². The first-order chi connectivity index (χ1) is 17.5. The Morgan fingerprint density at radius 2 is 1.78 bits per heavy atom. The van der Waals surface area contributed by atoms with Gasteiger partial charge in [-0.2, -0.15) is 0 Å². The molecule has 4 heterocycles. The molecule has 186 valence electrons. The molecule has 2 saturated heterocycles. The van der Waals surface area contributed by atoms with E-state index in [1.807, 2.05) is 6.07 Å². The number of fused-ring (bicyclic) bond motifs is 1. The fourth-order valence-corrected chi connectivity index (χ4v) is 6.64. The third-order valence-corrected chi connectivity index (χ3v) is 8.78. The minimum atomic E-state index is -3.75. The first kappa shape index (κ1) is 23.1. The lowest BCUT2D eigenvalue weighted by Crippen LogP contribution is -2.17. The summed E-state index contributed by atoms with van der Waals surface area (Å²) in [5.74, 6) is 0. The van der Waals surface area contributed by atoms with Gasteiger partial charge in [-0.1, -0.05) is 30.3 Å². The van der Waals surface area contributed by atoms with Gasteiger partial charge >= 0.3 is 0 Å². The number of nitrogens with one attached hydrogen (secondary N) is 1. The van der Waals surface area contributed by atoms with Crippen molar-refractivity contribution in [3.63, 3.8) is 0 Å². The molecule has 4 aromatic rings. The van der Waals surface area contributed by atoms with E-state index in [-0.39, 0.29) is 4.90 Å². The lowest BCUT2D eigenvalue weighted by molar-refractivity contribution is 0.395. The van der Waals surface area contributed by atoms with Crippen molar-refractivity contribution >= 4 is 32.4 Å². The van der Waals surface area contributed by atoms with Crippen LogP contribution in [0.15, 0.2) is 78.0 Å². The lowest BCUT2D eigenvalue weighted by Gasteiger charge is -2.18. The van der Waals surface area contributed by atoms with Crippen LogP contribution in [0.4, 0.5) is 11.4 Å². The molecule has 2 aromatic heterocycles. The predicted molar refractivity (Wildman–Crippen MR) is 145 cm³/mol. The zero-order valence-electron chi connectivity index (χ0n) is 20.5. The van der Waals surface area contributed by atoms with E-state index >= 15 is 0 Å². The topological polar surface area (TPSA) is 70.5 Å². The Morgan fingerprint density at radius 1 is 0.972 bits per heavy atom. The highest BCUT2D eigenvalue weighted by atomic mass is 32.2. The van der Waals surface area contributed by atoms with E-state index in [1.165, 1.54) is 18.5 Å². The van der Waals surface area contributed by atoms with Crippen LogP contribution in [0.2, 0.25) is 0 Å². The molecule has 8 heteroatoms. The van der Waals surface area contributed by atoms with E-state index in [0.29, 0.717) is 11.7 Å². The molecule has 0 amide bonds. The number of nitrogens with zero attached hydrogens (tertiary/aromatic N) is 4. The molecular weight excluding hydrogens is 470 g/mol. The van der Waals surface area contributed by atoms with E-state index in [4.69, 9.17) is 4.98 Å². The van der Waals surface area contributed by atoms with Crippen LogP contribution >= 0.6 is 0 Å². The smallest absolute Gasteiger partial charge is 0.261 e. The van der Waals surface area contributed by atoms with Crippen molar-refractivity contribution in [3.8, 4) is 11.1 Å². The van der Waals surface area contributed by atoms with Crippen molar-refractivity contribution in [2.24, 2.45) is 0 Å². The summed E-state index contributed by atoms with van der Waals surface area (Å²) in [6.07, 6.45) is 7.34. The number of benzene rings is 2. The van der Waals surface area contributed by atoms with Gasteiger partial charge in [0.25, 0.3) is 10.0 Å². The highest BCUT2D eigenvalue weighted by Crippen LogP contribution is 2.39. The Kier molecular flexibility index (Phi) is 5.93. The minimum Gasteiger partial charge on any atom is -0.372 e. The van der Waals surface area contributed by atoms with Crippen LogP contribution in [0.25, 0.3) is 22.2 Å². The Labute approximate surface area is 212 Å². The summed E-state index contributed by atoms with van der Waals surface area (Å²) in [4.78, 5) is 9.75. The largest absolute Gasteiger partial charge is 0.372 e. The molecule has 0 unspecified atom stereocenters. The zero-order valence-corrected chi connectivity index (χ0v) is 21.3. The Hall–Kier alpha value is -3.36. The molecule has 0 aliphatic carbocycles. The second kappa shape index (κ2) is 9.26. The van der Waals surface area contributed by atoms with Crippen LogP contribution in [0, 0.1) is 0 Å². The molecule has 36 heavy (non-hydrogen) atoms. The molecule has 0 spiro atoms. The van der Waals surface area contributed by atoms with Crippen molar-refractivity contribution < 1.29 is 8.42 Å². The number of likely N-dealkylation sites (N-methyl/N-ethyl adjacent to an activating group) is 1. The van der Waals surface area contributed by atoms with E-state index in [2.05, 4.69) is 56.6 Å². The number of sulfonamides is 1. The standard InChI is InChI=1S/C28H31N5O2S/c1-31-17-13-23(19-31)33-20-25(21-8-7-9-22(18-21)32-15-5-6-16-32)27-26(12-14-29-28(27)33)30-36(34,35)24-10-3-2-4-11-24/h2-4,7-12,14,18,20,23H,5-6,13,15-17,19H2,1H3,(H,29,30)/t23-/m0/s1. The van der Waals surface area contributed by atoms with Gasteiger partial charge in [0, 0.05) is 49.3 Å². The maximum Gasteiger partial charge on any atom is 0.261 e. The molecule has 2 fully saturated rings. The molecular formula is C28H31N5O2S. The molecule has 0 saturated carbocycles. The van der Waals surface area contributed by atoms with Crippen LogP contribution < -0.4 is 9.62 Å². The summed E-state index contributed by atoms with van der Waals surface area (Å²) < 4.78 is 31.7. The molecule has 2 aliphatic rings. The fraction of sp³-hybridized carbons (Fsp3) is 0.321. The second-order valence-corrected chi connectivity index (χ2v) is 11.6. The van der Waals surface area contributed by atoms with E-state index in [0.717, 1.165) is 54.8 Å². The summed E-state index contributed by atoms with van der Waals surface area (Å²) in [6, 6.07) is 19.2. The molecule has 6 rings (SSSR count). The first-order valence-electron chi connectivity index (χ1n) is 12.6. The minimum absolute atomic E-state index is 0.240. The fourth-order valence-electron chi connectivity index (χ4n) is 5.55. The molecule has 2 aromatic carbocycles. The second-order valence-electron chi connectivity index (χ2n) is 9.87. The van der Waals surface area contributed by atoms with Gasteiger partial charge in [0.1, 0.15) is 5.65 Å². The van der Waals surface area contributed by atoms with Crippen LogP contribution in [0.3, 0.4) is 0 Å². The molecule has 1 atom stereocenters. The van der Waals surface area contributed by atoms with Gasteiger partial charge in [-0.15, -0.1) is 0 Å². The Bertz CT molecular complexity index is 1490. The number of likely N-dealkylation sites (tertiary alicyclic amines) is 1. The monoisotopic (exact) mass is 501 g/mol. The van der Waals surface area contributed by atoms with Gasteiger partial charge in [0.15, 0.2) is 0 Å². The van der Waals surface area contributed by atoms with Gasteiger partial charge in [-0.25, -0.2) is 13.4 Å². The van der Waals surface area contributed by atoms with E-state index in [1.54, 1.807) is 36.5 Å². The van der Waals surface area contributed by atoms with Gasteiger partial charge in [0.2, 0.25) is 0 Å². The third-order valence-electron chi connectivity index (χ3n) is 7.40. The van der Waals surface area contributed by atoms with Crippen molar-refractivity contribution in [2.45, 2.75) is 30.2 Å². The quantitative estimate of drug-likeness (QED) is 0.404. The number of pyridine rings is 1. The van der Waals surface area contributed by atoms with Crippen molar-refractivity contribution in [2.75, 3.05) is 42.8 Å². The summed E-state index contributed by atoms with van der Waals surface area (Å²) >= 11 is 0. The van der Waals surface area contributed by atoms with Crippen LogP contribution in [0.1, 0.15) is 25.3 Å². The van der Waals surface area contributed by atoms with Crippen molar-refractivity contribution in [1.82, 2.24) is 14.5 Å². The molecule has 7 nitrogen and oxygen atoms in total. The Morgan fingerprint density at radius 3 is 2.53 bits per heavy atom. The van der Waals surface area contributed by atoms with Crippen LogP contribution in [-0.2, 0) is 10.0 Å². The highest BCUT2D eigenvalue weighted by Gasteiger charge is 2.27. The first-order valence-corrected chi connectivity index (χ1v) is 14.1. The van der Waals surface area contributed by atoms with Gasteiger partial charge in [0.05, 0.1) is 16.0 Å². The normalized spacial score (nSPS) is 18.8. The summed E-state index contributed by atoms with van der Waals surface area (Å²) in [7, 11) is -1.61. The SMILES string of the molecule is CN1CC[C@H](n2cc(-c3cccc(N4CCCC4)c3)c3c(NS(=O)(=O)c4ccccc4)ccnc32)C1. The molecule has 0 bridgehead atoms. The Balaban J connectivity index is 1.50. The number of aromatic nitrogens is 2. The maximum atomic E-state index is 13.3. The molecule has 0 radical (unpaired) electrons. The lowest BCUT2D eigenvalue weighted by atomic mass is 10.0. The summed E-state index contributed by atoms with van der Waals surface area (Å²) in [5, 5.41) is 0.838. The number of hydrogen-bond donors (Lipinski definition) is 1. The highest BCUT2D eigenvalue weighted by molar-refractivity contribution is 7.92. The van der Waals surface area contributed by atoms with Crippen molar-refractivity contribution in [1.29, 1.82) is 0 Å². The average Bonchev–Trinajstić information content (AvgIpc) is 3.65. The van der Waals surface area contributed by atoms with Gasteiger partial charge in [-0.05, 0) is 68.8 Å². The number of rotatable bonds is 6. The van der Waals surface area contributed by atoms with Crippen molar-refractivity contribution in [3.05, 3.63) is 73.1 Å². The maximum absolute atomic E-state index is 13.3. The average molecular weight is 502 g/mol. The zero-order chi connectivity index (χ0) is 24.7. The number of hydrogen-bond acceptors (Lipinski definition) is 5. The number of anilines is 2. The third kappa shape index (κ3) is 4.24. The molecule has 1 N–H and O–H groups in total. The van der Waals surface area contributed by atoms with Gasteiger partial charge in [-0.3, -0.25) is 4.72 Å². The molecule has 2 aliphatic heterocycles. The van der Waals surface area contributed by atoms with Crippen LogP contribution in [-0.4, -0.2) is 56.1 Å².